The smallest absolute Gasteiger partial charge is 0.336 e. The molecule has 1 N–H and O–H groups in total. The molecule has 4 rings (SSSR count). The minimum absolute atomic E-state index is 0.276. The van der Waals surface area contributed by atoms with Gasteiger partial charge in [-0.15, -0.1) is 0 Å². The third-order valence-corrected chi connectivity index (χ3v) is 4.95. The van der Waals surface area contributed by atoms with E-state index in [0.717, 1.165) is 33.9 Å². The van der Waals surface area contributed by atoms with Crippen molar-refractivity contribution in [1.82, 2.24) is 0 Å². The zero-order valence-corrected chi connectivity index (χ0v) is 15.9. The van der Waals surface area contributed by atoms with E-state index in [1.807, 2.05) is 49.4 Å². The highest BCUT2D eigenvalue weighted by molar-refractivity contribution is 6.07. The van der Waals surface area contributed by atoms with Crippen molar-refractivity contribution in [2.75, 3.05) is 6.54 Å². The van der Waals surface area contributed by atoms with Gasteiger partial charge in [-0.2, -0.15) is 0 Å². The Hall–Kier alpha value is -3.40. The fourth-order valence-corrected chi connectivity index (χ4v) is 3.60. The lowest BCUT2D eigenvalue weighted by Crippen LogP contribution is -2.05. The summed E-state index contributed by atoms with van der Waals surface area (Å²) >= 11 is 0. The van der Waals surface area contributed by atoms with Gasteiger partial charge in [-0.25, -0.2) is 4.79 Å². The molecule has 0 radical (unpaired) electrons. The van der Waals surface area contributed by atoms with Crippen LogP contribution in [-0.4, -0.2) is 17.6 Å². The van der Waals surface area contributed by atoms with Crippen LogP contribution in [-0.2, 0) is 6.42 Å². The second-order valence-corrected chi connectivity index (χ2v) is 6.67. The van der Waals surface area contributed by atoms with E-state index in [9.17, 15) is 9.90 Å². The molecule has 0 atom stereocenters. The van der Waals surface area contributed by atoms with Gasteiger partial charge in [0.1, 0.15) is 11.3 Å². The number of hydrogen-bond donors (Lipinski definition) is 1. The highest BCUT2D eigenvalue weighted by Gasteiger charge is 2.21. The largest absolute Gasteiger partial charge is 0.478 e. The maximum Gasteiger partial charge on any atom is 0.336 e. The average molecular weight is 371 g/mol. The predicted octanol–water partition coefficient (Wildman–Crippen LogP) is 5.39. The summed E-state index contributed by atoms with van der Waals surface area (Å²) < 4.78 is 6.23. The number of carboxylic acids is 1. The van der Waals surface area contributed by atoms with Gasteiger partial charge in [-0.1, -0.05) is 37.3 Å². The molecular weight excluding hydrogens is 350 g/mol. The molecule has 0 unspecified atom stereocenters. The van der Waals surface area contributed by atoms with Crippen molar-refractivity contribution in [2.45, 2.75) is 20.3 Å². The fraction of sp³-hybridized carbons (Fsp3) is 0.167. The monoisotopic (exact) mass is 371 g/mol. The molecule has 1 heterocycles. The molecule has 2 aliphatic rings. The molecule has 1 aliphatic carbocycles. The molecule has 0 fully saturated rings. The van der Waals surface area contributed by atoms with Gasteiger partial charge in [-0.3, -0.25) is 4.99 Å². The zero-order valence-electron chi connectivity index (χ0n) is 15.9. The van der Waals surface area contributed by atoms with Crippen LogP contribution in [0.15, 0.2) is 70.1 Å². The molecular formula is C24H21NO3. The van der Waals surface area contributed by atoms with Crippen LogP contribution in [0.25, 0.3) is 33.4 Å². The van der Waals surface area contributed by atoms with Crippen molar-refractivity contribution in [2.24, 2.45) is 4.99 Å². The molecule has 0 saturated carbocycles. The van der Waals surface area contributed by atoms with Crippen LogP contribution >= 0.6 is 0 Å². The summed E-state index contributed by atoms with van der Waals surface area (Å²) in [6.45, 7) is 4.78. The molecule has 28 heavy (non-hydrogen) atoms. The number of hydrogen-bond acceptors (Lipinski definition) is 3. The Labute approximate surface area is 163 Å². The summed E-state index contributed by atoms with van der Waals surface area (Å²) in [5.74, 6) is -0.244. The standard InChI is InChI=1S/C24H21NO3/c1-3-15-9-11-19-21(13-15)28-22-14-16(25-4-2)10-12-20(22)23(19)17-7-5-6-8-18(17)24(26)27/h5-14H,3-4H2,1-2H3,(H,26,27). The third-order valence-electron chi connectivity index (χ3n) is 4.95. The maximum atomic E-state index is 11.9. The van der Waals surface area contributed by atoms with E-state index in [-0.39, 0.29) is 5.56 Å². The summed E-state index contributed by atoms with van der Waals surface area (Å²) in [6.07, 6.45) is 0.899. The van der Waals surface area contributed by atoms with Crippen LogP contribution in [0.4, 0.5) is 0 Å². The molecule has 0 amide bonds. The van der Waals surface area contributed by atoms with Crippen LogP contribution in [0.5, 0.6) is 0 Å². The maximum absolute atomic E-state index is 11.9. The second kappa shape index (κ2) is 7.31. The lowest BCUT2D eigenvalue weighted by Gasteiger charge is -2.17. The van der Waals surface area contributed by atoms with Crippen molar-refractivity contribution in [1.29, 1.82) is 0 Å². The van der Waals surface area contributed by atoms with Crippen molar-refractivity contribution in [3.05, 3.63) is 77.1 Å². The lowest BCUT2D eigenvalue weighted by atomic mass is 9.90. The Balaban J connectivity index is 2.16. The summed E-state index contributed by atoms with van der Waals surface area (Å²) in [5, 5.41) is 11.5. The number of carboxylic acid groups (broad SMARTS) is 1. The van der Waals surface area contributed by atoms with Crippen molar-refractivity contribution in [3.8, 4) is 22.5 Å². The van der Waals surface area contributed by atoms with Crippen molar-refractivity contribution >= 4 is 16.9 Å². The number of aromatic carboxylic acids is 1. The van der Waals surface area contributed by atoms with E-state index in [0.29, 0.717) is 17.9 Å². The summed E-state index contributed by atoms with van der Waals surface area (Å²) in [7, 11) is 0. The molecule has 1 aliphatic heterocycles. The first-order valence-electron chi connectivity index (χ1n) is 9.45. The normalized spacial score (nSPS) is 12.0. The molecule has 0 aromatic heterocycles. The Kier molecular flexibility index (Phi) is 4.70. The molecule has 0 spiro atoms. The van der Waals surface area contributed by atoms with Gasteiger partial charge in [-0.05, 0) is 48.7 Å². The molecule has 4 heteroatoms. The van der Waals surface area contributed by atoms with Gasteiger partial charge >= 0.3 is 5.97 Å². The minimum atomic E-state index is -0.944. The van der Waals surface area contributed by atoms with Crippen LogP contribution in [0.2, 0.25) is 0 Å². The van der Waals surface area contributed by atoms with Crippen LogP contribution in [0, 0.1) is 0 Å². The summed E-state index contributed by atoms with van der Waals surface area (Å²) in [4.78, 5) is 16.3. The number of nitrogens with zero attached hydrogens (tertiary/aromatic N) is 1. The summed E-state index contributed by atoms with van der Waals surface area (Å²) in [5.41, 5.74) is 4.63. The topological polar surface area (TPSA) is 62.8 Å². The fourth-order valence-electron chi connectivity index (χ4n) is 3.60. The Morgan fingerprint density at radius 2 is 1.82 bits per heavy atom. The number of rotatable bonds is 4. The summed E-state index contributed by atoms with van der Waals surface area (Å²) in [6, 6.07) is 19.1. The third kappa shape index (κ3) is 3.07. The van der Waals surface area contributed by atoms with E-state index in [4.69, 9.17) is 4.42 Å². The molecule has 2 aromatic rings. The molecule has 4 nitrogen and oxygen atoms in total. The van der Waals surface area contributed by atoms with Crippen molar-refractivity contribution < 1.29 is 14.3 Å². The average Bonchev–Trinajstić information content (AvgIpc) is 2.71. The highest BCUT2D eigenvalue weighted by Crippen LogP contribution is 2.41. The zero-order chi connectivity index (χ0) is 19.7. The van der Waals surface area contributed by atoms with Crippen LogP contribution in [0.1, 0.15) is 29.8 Å². The van der Waals surface area contributed by atoms with Gasteiger partial charge in [0.2, 0.25) is 0 Å². The highest BCUT2D eigenvalue weighted by atomic mass is 16.4. The first-order chi connectivity index (χ1) is 13.6. The number of fused-ring (bicyclic) bond motifs is 2. The Morgan fingerprint density at radius 3 is 2.57 bits per heavy atom. The Bertz CT molecular complexity index is 1220. The molecule has 2 aromatic carbocycles. The van der Waals surface area contributed by atoms with E-state index < -0.39 is 5.97 Å². The quantitative estimate of drug-likeness (QED) is 0.490. The van der Waals surface area contributed by atoms with E-state index in [1.54, 1.807) is 12.1 Å². The minimum Gasteiger partial charge on any atom is -0.478 e. The SMILES string of the molecule is CCN=c1ccc2c(-c3ccccc3C(=O)O)c3ccc(CC)cc3oc-2c1. The van der Waals surface area contributed by atoms with E-state index >= 15 is 0 Å². The lowest BCUT2D eigenvalue weighted by molar-refractivity contribution is 0.0697. The molecule has 0 saturated heterocycles. The van der Waals surface area contributed by atoms with Gasteiger partial charge in [0, 0.05) is 29.1 Å². The molecule has 0 bridgehead atoms. The van der Waals surface area contributed by atoms with E-state index in [1.165, 1.54) is 5.56 Å². The Morgan fingerprint density at radius 1 is 1.00 bits per heavy atom. The van der Waals surface area contributed by atoms with Crippen molar-refractivity contribution in [3.63, 3.8) is 0 Å². The number of aryl methyl sites for hydroxylation is 1. The van der Waals surface area contributed by atoms with Crippen LogP contribution in [0.3, 0.4) is 0 Å². The number of carbonyl (C=O) groups is 1. The molecule has 140 valence electrons. The first kappa shape index (κ1) is 18.0. The van der Waals surface area contributed by atoms with Gasteiger partial charge in [0.25, 0.3) is 0 Å². The second-order valence-electron chi connectivity index (χ2n) is 6.67. The van der Waals surface area contributed by atoms with Gasteiger partial charge < -0.3 is 9.52 Å². The van der Waals surface area contributed by atoms with Gasteiger partial charge in [0.15, 0.2) is 0 Å². The van der Waals surface area contributed by atoms with Gasteiger partial charge in [0.05, 0.1) is 10.9 Å². The first-order valence-corrected chi connectivity index (χ1v) is 9.45. The predicted molar refractivity (Wildman–Crippen MR) is 111 cm³/mol. The number of benzene rings is 3. The van der Waals surface area contributed by atoms with Crippen LogP contribution < -0.4 is 5.36 Å². The van der Waals surface area contributed by atoms with E-state index in [2.05, 4.69) is 18.0 Å².